The van der Waals surface area contributed by atoms with Crippen LogP contribution in [0, 0.1) is 5.82 Å². The van der Waals surface area contributed by atoms with Crippen molar-refractivity contribution in [3.8, 4) is 11.6 Å². The van der Waals surface area contributed by atoms with Gasteiger partial charge in [-0.25, -0.2) is 9.37 Å². The molecule has 1 aromatic heterocycles. The lowest BCUT2D eigenvalue weighted by atomic mass is 10.3. The van der Waals surface area contributed by atoms with Gasteiger partial charge >= 0.3 is 0 Å². The summed E-state index contributed by atoms with van der Waals surface area (Å²) in [6.45, 7) is 0. The van der Waals surface area contributed by atoms with Crippen LogP contribution in [-0.4, -0.2) is 4.98 Å². The van der Waals surface area contributed by atoms with Crippen LogP contribution in [0.25, 0.3) is 0 Å². The van der Waals surface area contributed by atoms with E-state index in [2.05, 4.69) is 20.9 Å². The number of halogens is 3. The lowest BCUT2D eigenvalue weighted by Crippen LogP contribution is -1.89. The molecule has 82 valence electrons. The summed E-state index contributed by atoms with van der Waals surface area (Å²) in [4.78, 5) is 4.00. The van der Waals surface area contributed by atoms with Crippen molar-refractivity contribution < 1.29 is 9.13 Å². The number of aromatic nitrogens is 1. The highest BCUT2D eigenvalue weighted by Crippen LogP contribution is 2.29. The third kappa shape index (κ3) is 2.71. The Labute approximate surface area is 105 Å². The topological polar surface area (TPSA) is 22.1 Å². The van der Waals surface area contributed by atoms with E-state index < -0.39 is 0 Å². The summed E-state index contributed by atoms with van der Waals surface area (Å²) in [5.41, 5.74) is 0. The second-order valence-corrected chi connectivity index (χ2v) is 4.29. The largest absolute Gasteiger partial charge is 0.438 e. The van der Waals surface area contributed by atoms with Crippen LogP contribution >= 0.6 is 27.5 Å². The van der Waals surface area contributed by atoms with Gasteiger partial charge in [0.15, 0.2) is 0 Å². The van der Waals surface area contributed by atoms with E-state index in [1.54, 1.807) is 6.07 Å². The Kier molecular flexibility index (Phi) is 3.41. The van der Waals surface area contributed by atoms with Crippen LogP contribution < -0.4 is 4.74 Å². The molecule has 0 fully saturated rings. The molecule has 0 aliphatic heterocycles. The van der Waals surface area contributed by atoms with Gasteiger partial charge in [0.25, 0.3) is 0 Å². The van der Waals surface area contributed by atoms with E-state index in [4.69, 9.17) is 16.3 Å². The Morgan fingerprint density at radius 1 is 1.25 bits per heavy atom. The van der Waals surface area contributed by atoms with Crippen LogP contribution in [0.1, 0.15) is 0 Å². The SMILES string of the molecule is Fc1ccc(Oc2ncc(Cl)cc2Br)cc1. The zero-order chi connectivity index (χ0) is 11.5. The van der Waals surface area contributed by atoms with Crippen LogP contribution in [0.5, 0.6) is 11.6 Å². The molecule has 2 nitrogen and oxygen atoms in total. The number of rotatable bonds is 2. The highest BCUT2D eigenvalue weighted by molar-refractivity contribution is 9.10. The Balaban J connectivity index is 2.23. The molecule has 0 saturated carbocycles. The smallest absolute Gasteiger partial charge is 0.233 e. The maximum absolute atomic E-state index is 12.7. The van der Waals surface area contributed by atoms with E-state index in [0.29, 0.717) is 21.1 Å². The summed E-state index contributed by atoms with van der Waals surface area (Å²) in [7, 11) is 0. The van der Waals surface area contributed by atoms with Gasteiger partial charge in [0.1, 0.15) is 11.6 Å². The molecule has 5 heteroatoms. The maximum Gasteiger partial charge on any atom is 0.233 e. The fourth-order valence-corrected chi connectivity index (χ4v) is 1.81. The van der Waals surface area contributed by atoms with E-state index in [1.807, 2.05) is 0 Å². The molecule has 0 aliphatic carbocycles. The molecule has 0 amide bonds. The molecule has 0 unspecified atom stereocenters. The van der Waals surface area contributed by atoms with Crippen molar-refractivity contribution in [1.82, 2.24) is 4.98 Å². The molecule has 1 aromatic carbocycles. The first-order valence-electron chi connectivity index (χ1n) is 4.39. The van der Waals surface area contributed by atoms with Crippen LogP contribution in [0.4, 0.5) is 4.39 Å². The van der Waals surface area contributed by atoms with Gasteiger partial charge in [0, 0.05) is 6.20 Å². The predicted octanol–water partition coefficient (Wildman–Crippen LogP) is 4.43. The third-order valence-corrected chi connectivity index (χ3v) is 2.58. The molecule has 0 spiro atoms. The minimum atomic E-state index is -0.310. The number of benzene rings is 1. The first-order chi connectivity index (χ1) is 7.65. The molecule has 1 heterocycles. The zero-order valence-electron chi connectivity index (χ0n) is 7.95. The summed E-state index contributed by atoms with van der Waals surface area (Å²) in [5, 5.41) is 0.512. The minimum absolute atomic E-state index is 0.310. The van der Waals surface area contributed by atoms with Gasteiger partial charge in [-0.15, -0.1) is 0 Å². The molecule has 0 bridgehead atoms. The molecular formula is C11H6BrClFNO. The van der Waals surface area contributed by atoms with Gasteiger partial charge in [-0.1, -0.05) is 11.6 Å². The van der Waals surface area contributed by atoms with Gasteiger partial charge in [-0.3, -0.25) is 0 Å². The quantitative estimate of drug-likeness (QED) is 0.819. The third-order valence-electron chi connectivity index (χ3n) is 1.80. The lowest BCUT2D eigenvalue weighted by Gasteiger charge is -2.06. The van der Waals surface area contributed by atoms with Gasteiger partial charge in [0.05, 0.1) is 9.50 Å². The molecule has 0 saturated heterocycles. The summed E-state index contributed by atoms with van der Waals surface area (Å²) >= 11 is 9.02. The second kappa shape index (κ2) is 4.80. The Hall–Kier alpha value is -1.13. The van der Waals surface area contributed by atoms with Crippen LogP contribution in [0.2, 0.25) is 5.02 Å². The molecule has 0 aliphatic rings. The Morgan fingerprint density at radius 2 is 1.94 bits per heavy atom. The standard InChI is InChI=1S/C11H6BrClFNO/c12-10-5-7(13)6-15-11(10)16-9-3-1-8(14)2-4-9/h1-6H. The van der Waals surface area contributed by atoms with E-state index >= 15 is 0 Å². The molecule has 2 aromatic rings. The lowest BCUT2D eigenvalue weighted by molar-refractivity contribution is 0.458. The summed E-state index contributed by atoms with van der Waals surface area (Å²) < 4.78 is 18.7. The van der Waals surface area contributed by atoms with Crippen LogP contribution in [-0.2, 0) is 0 Å². The maximum atomic E-state index is 12.7. The number of ether oxygens (including phenoxy) is 1. The van der Waals surface area contributed by atoms with Gasteiger partial charge in [0.2, 0.25) is 5.88 Å². The monoisotopic (exact) mass is 301 g/mol. The summed E-state index contributed by atoms with van der Waals surface area (Å²) in [6.07, 6.45) is 1.48. The van der Waals surface area contributed by atoms with Crippen molar-refractivity contribution in [1.29, 1.82) is 0 Å². The van der Waals surface area contributed by atoms with Crippen LogP contribution in [0.15, 0.2) is 41.0 Å². The van der Waals surface area contributed by atoms with Crippen molar-refractivity contribution in [3.05, 3.63) is 51.8 Å². The van der Waals surface area contributed by atoms with Crippen molar-refractivity contribution in [2.75, 3.05) is 0 Å². The van der Waals surface area contributed by atoms with Crippen molar-refractivity contribution >= 4 is 27.5 Å². The Bertz CT molecular complexity index is 504. The fourth-order valence-electron chi connectivity index (χ4n) is 1.09. The summed E-state index contributed by atoms with van der Waals surface area (Å²) in [5.74, 6) is 0.586. The molecule has 2 rings (SSSR count). The summed E-state index contributed by atoms with van der Waals surface area (Å²) in [6, 6.07) is 7.36. The van der Waals surface area contributed by atoms with Crippen molar-refractivity contribution in [2.24, 2.45) is 0 Å². The molecule has 0 radical (unpaired) electrons. The first-order valence-corrected chi connectivity index (χ1v) is 5.57. The van der Waals surface area contributed by atoms with E-state index in [-0.39, 0.29) is 5.82 Å². The fraction of sp³-hybridized carbons (Fsp3) is 0. The van der Waals surface area contributed by atoms with Gasteiger partial charge in [-0.2, -0.15) is 0 Å². The van der Waals surface area contributed by atoms with Crippen LogP contribution in [0.3, 0.4) is 0 Å². The van der Waals surface area contributed by atoms with Gasteiger partial charge < -0.3 is 4.74 Å². The minimum Gasteiger partial charge on any atom is -0.438 e. The van der Waals surface area contributed by atoms with E-state index in [1.165, 1.54) is 30.5 Å². The number of nitrogens with zero attached hydrogens (tertiary/aromatic N) is 1. The number of hydrogen-bond acceptors (Lipinski definition) is 2. The highest BCUT2D eigenvalue weighted by Gasteiger charge is 2.05. The average Bonchev–Trinajstić information content (AvgIpc) is 2.25. The van der Waals surface area contributed by atoms with E-state index in [0.717, 1.165) is 0 Å². The first kappa shape index (κ1) is 11.4. The molecule has 0 N–H and O–H groups in total. The predicted molar refractivity (Wildman–Crippen MR) is 63.4 cm³/mol. The van der Waals surface area contributed by atoms with Crippen molar-refractivity contribution in [3.63, 3.8) is 0 Å². The zero-order valence-corrected chi connectivity index (χ0v) is 10.3. The van der Waals surface area contributed by atoms with Gasteiger partial charge in [-0.05, 0) is 46.3 Å². The number of pyridine rings is 1. The molecule has 16 heavy (non-hydrogen) atoms. The van der Waals surface area contributed by atoms with Crippen molar-refractivity contribution in [2.45, 2.75) is 0 Å². The van der Waals surface area contributed by atoms with E-state index in [9.17, 15) is 4.39 Å². The molecule has 0 atom stereocenters. The Morgan fingerprint density at radius 3 is 2.56 bits per heavy atom. The normalized spacial score (nSPS) is 10.2. The second-order valence-electron chi connectivity index (χ2n) is 3.00. The number of hydrogen-bond donors (Lipinski definition) is 0. The average molecular weight is 303 g/mol. The molecular weight excluding hydrogens is 296 g/mol. The highest BCUT2D eigenvalue weighted by atomic mass is 79.9.